The number of ether oxygens (including phenoxy) is 2. The molecule has 0 spiro atoms. The second kappa shape index (κ2) is 8.87. The lowest BCUT2D eigenvalue weighted by molar-refractivity contribution is -0.111. The van der Waals surface area contributed by atoms with Crippen LogP contribution in [0.15, 0.2) is 36.5 Å². The van der Waals surface area contributed by atoms with Gasteiger partial charge in [0, 0.05) is 17.5 Å². The molecule has 2 heterocycles. The van der Waals surface area contributed by atoms with E-state index >= 15 is 0 Å². The second-order valence-corrected chi connectivity index (χ2v) is 6.32. The molecule has 30 heavy (non-hydrogen) atoms. The normalized spacial score (nSPS) is 10.6. The molecular formula is C21H20N6O3. The van der Waals surface area contributed by atoms with Crippen molar-refractivity contribution >= 4 is 17.8 Å². The number of anilines is 1. The first kappa shape index (κ1) is 20.5. The van der Waals surface area contributed by atoms with Gasteiger partial charge in [0.15, 0.2) is 17.3 Å². The minimum atomic E-state index is -0.438. The number of nitrogens with one attached hydrogen (secondary N) is 1. The Hall–Kier alpha value is -4.19. The number of methoxy groups -OCH3 is 2. The summed E-state index contributed by atoms with van der Waals surface area (Å²) in [6, 6.07) is 9.12. The number of hydrogen-bond acceptors (Lipinski definition) is 7. The Morgan fingerprint density at radius 3 is 2.47 bits per heavy atom. The van der Waals surface area contributed by atoms with Gasteiger partial charge < -0.3 is 14.8 Å². The van der Waals surface area contributed by atoms with Crippen molar-refractivity contribution in [2.24, 2.45) is 0 Å². The standard InChI is InChI=1S/C21H20N6O3/c1-13-9-14(2)25-21(24-13)27-20(16(11-22)12-23-27)26-19(28)8-6-15-5-7-17(29-3)18(10-15)30-4/h5-10,12H,1-4H3,(H,26,28). The van der Waals surface area contributed by atoms with Crippen LogP contribution in [0.2, 0.25) is 0 Å². The van der Waals surface area contributed by atoms with Crippen LogP contribution in [0.1, 0.15) is 22.5 Å². The van der Waals surface area contributed by atoms with Crippen LogP contribution in [-0.2, 0) is 4.79 Å². The average Bonchev–Trinajstić information content (AvgIpc) is 3.13. The molecule has 0 aliphatic rings. The molecule has 0 radical (unpaired) electrons. The van der Waals surface area contributed by atoms with Crippen molar-refractivity contribution in [1.29, 1.82) is 5.26 Å². The largest absolute Gasteiger partial charge is 0.493 e. The Bertz CT molecular complexity index is 1140. The summed E-state index contributed by atoms with van der Waals surface area (Å²) in [6.07, 6.45) is 4.33. The third-order valence-electron chi connectivity index (χ3n) is 4.13. The third kappa shape index (κ3) is 4.44. The van der Waals surface area contributed by atoms with E-state index in [1.54, 1.807) is 31.4 Å². The number of aromatic nitrogens is 4. The minimum absolute atomic E-state index is 0.199. The van der Waals surface area contributed by atoms with E-state index in [0.717, 1.165) is 17.0 Å². The minimum Gasteiger partial charge on any atom is -0.493 e. The lowest BCUT2D eigenvalue weighted by atomic mass is 10.2. The lowest BCUT2D eigenvalue weighted by Gasteiger charge is -2.08. The summed E-state index contributed by atoms with van der Waals surface area (Å²) < 4.78 is 11.8. The molecule has 1 aromatic carbocycles. The summed E-state index contributed by atoms with van der Waals surface area (Å²) in [5.41, 5.74) is 2.44. The predicted octanol–water partition coefficient (Wildman–Crippen LogP) is 2.82. The molecule has 0 saturated carbocycles. The fourth-order valence-corrected chi connectivity index (χ4v) is 2.79. The smallest absolute Gasteiger partial charge is 0.252 e. The highest BCUT2D eigenvalue weighted by Crippen LogP contribution is 2.28. The van der Waals surface area contributed by atoms with E-state index in [9.17, 15) is 10.1 Å². The molecule has 0 atom stereocenters. The maximum atomic E-state index is 12.5. The van der Waals surface area contributed by atoms with Gasteiger partial charge in [-0.25, -0.2) is 9.97 Å². The highest BCUT2D eigenvalue weighted by molar-refractivity contribution is 6.02. The van der Waals surface area contributed by atoms with Crippen molar-refractivity contribution < 1.29 is 14.3 Å². The molecule has 0 aliphatic carbocycles. The Labute approximate surface area is 173 Å². The average molecular weight is 404 g/mol. The molecule has 0 bridgehead atoms. The van der Waals surface area contributed by atoms with Crippen LogP contribution < -0.4 is 14.8 Å². The summed E-state index contributed by atoms with van der Waals surface area (Å²) in [6.45, 7) is 3.66. The molecule has 3 rings (SSSR count). The van der Waals surface area contributed by atoms with Gasteiger partial charge in [0.2, 0.25) is 5.91 Å². The first-order valence-electron chi connectivity index (χ1n) is 8.97. The fraction of sp³-hybridized carbons (Fsp3) is 0.190. The van der Waals surface area contributed by atoms with Crippen LogP contribution >= 0.6 is 0 Å². The zero-order valence-electron chi connectivity index (χ0n) is 17.0. The first-order chi connectivity index (χ1) is 14.4. The zero-order chi connectivity index (χ0) is 21.7. The molecule has 0 fully saturated rings. The van der Waals surface area contributed by atoms with Crippen LogP contribution in [0, 0.1) is 25.2 Å². The molecule has 0 aliphatic heterocycles. The molecule has 9 nitrogen and oxygen atoms in total. The van der Waals surface area contributed by atoms with E-state index in [4.69, 9.17) is 9.47 Å². The van der Waals surface area contributed by atoms with Crippen LogP contribution in [0.5, 0.6) is 11.5 Å². The molecule has 152 valence electrons. The van der Waals surface area contributed by atoms with E-state index in [2.05, 4.69) is 20.4 Å². The number of carbonyl (C=O) groups is 1. The SMILES string of the molecule is COc1ccc(C=CC(=O)Nc2c(C#N)cnn2-c2nc(C)cc(C)n2)cc1OC. The number of carbonyl (C=O) groups excluding carboxylic acids is 1. The van der Waals surface area contributed by atoms with E-state index in [-0.39, 0.29) is 17.3 Å². The van der Waals surface area contributed by atoms with Crippen LogP contribution in [0.4, 0.5) is 5.82 Å². The molecular weight excluding hydrogens is 384 g/mol. The van der Waals surface area contributed by atoms with Gasteiger partial charge in [0.1, 0.15) is 11.6 Å². The Balaban J connectivity index is 1.86. The van der Waals surface area contributed by atoms with Crippen LogP contribution in [-0.4, -0.2) is 39.9 Å². The zero-order valence-corrected chi connectivity index (χ0v) is 17.0. The number of nitriles is 1. The molecule has 9 heteroatoms. The number of aryl methyl sites for hydroxylation is 2. The van der Waals surface area contributed by atoms with Gasteiger partial charge >= 0.3 is 0 Å². The summed E-state index contributed by atoms with van der Waals surface area (Å²) in [4.78, 5) is 21.2. The fourth-order valence-electron chi connectivity index (χ4n) is 2.79. The van der Waals surface area contributed by atoms with E-state index in [1.807, 2.05) is 26.0 Å². The summed E-state index contributed by atoms with van der Waals surface area (Å²) in [5, 5.41) is 16.2. The lowest BCUT2D eigenvalue weighted by Crippen LogP contribution is -2.15. The Morgan fingerprint density at radius 2 is 1.83 bits per heavy atom. The highest BCUT2D eigenvalue weighted by Gasteiger charge is 2.16. The number of nitrogens with zero attached hydrogens (tertiary/aromatic N) is 5. The molecule has 1 amide bonds. The maximum absolute atomic E-state index is 12.5. The van der Waals surface area contributed by atoms with Gasteiger partial charge in [-0.3, -0.25) is 4.79 Å². The highest BCUT2D eigenvalue weighted by atomic mass is 16.5. The molecule has 0 unspecified atom stereocenters. The van der Waals surface area contributed by atoms with Crippen LogP contribution in [0.3, 0.4) is 0 Å². The van der Waals surface area contributed by atoms with Crippen LogP contribution in [0.25, 0.3) is 12.0 Å². The molecule has 1 N–H and O–H groups in total. The van der Waals surface area contributed by atoms with Gasteiger partial charge in [0.25, 0.3) is 5.95 Å². The van der Waals surface area contributed by atoms with Crippen molar-refractivity contribution in [2.45, 2.75) is 13.8 Å². The van der Waals surface area contributed by atoms with E-state index in [0.29, 0.717) is 11.5 Å². The number of benzene rings is 1. The molecule has 0 saturated heterocycles. The maximum Gasteiger partial charge on any atom is 0.252 e. The van der Waals surface area contributed by atoms with E-state index in [1.165, 1.54) is 24.1 Å². The Morgan fingerprint density at radius 1 is 1.13 bits per heavy atom. The second-order valence-electron chi connectivity index (χ2n) is 6.32. The van der Waals surface area contributed by atoms with Gasteiger partial charge in [0.05, 0.1) is 20.4 Å². The quantitative estimate of drug-likeness (QED) is 0.628. The van der Waals surface area contributed by atoms with Crippen molar-refractivity contribution in [2.75, 3.05) is 19.5 Å². The van der Waals surface area contributed by atoms with Gasteiger partial charge in [-0.2, -0.15) is 15.0 Å². The number of amides is 1. The summed E-state index contributed by atoms with van der Waals surface area (Å²) in [7, 11) is 3.09. The Kier molecular flexibility index (Phi) is 6.08. The summed E-state index contributed by atoms with van der Waals surface area (Å²) in [5.74, 6) is 1.18. The predicted molar refractivity (Wildman–Crippen MR) is 111 cm³/mol. The topological polar surface area (TPSA) is 115 Å². The first-order valence-corrected chi connectivity index (χ1v) is 8.97. The number of rotatable bonds is 6. The monoisotopic (exact) mass is 404 g/mol. The van der Waals surface area contributed by atoms with Crippen molar-refractivity contribution in [1.82, 2.24) is 19.7 Å². The summed E-state index contributed by atoms with van der Waals surface area (Å²) >= 11 is 0. The van der Waals surface area contributed by atoms with E-state index < -0.39 is 5.91 Å². The molecule has 3 aromatic rings. The molecule has 2 aromatic heterocycles. The van der Waals surface area contributed by atoms with Crippen molar-refractivity contribution in [3.63, 3.8) is 0 Å². The van der Waals surface area contributed by atoms with Gasteiger partial charge in [-0.1, -0.05) is 6.07 Å². The van der Waals surface area contributed by atoms with Gasteiger partial charge in [-0.05, 0) is 43.7 Å². The number of hydrogen-bond donors (Lipinski definition) is 1. The van der Waals surface area contributed by atoms with Gasteiger partial charge in [-0.15, -0.1) is 0 Å². The third-order valence-corrected chi connectivity index (χ3v) is 4.13. The van der Waals surface area contributed by atoms with Crippen molar-refractivity contribution in [3.8, 4) is 23.5 Å². The van der Waals surface area contributed by atoms with Crippen molar-refractivity contribution in [3.05, 3.63) is 59.1 Å².